The molecule has 13 rings (SSSR count). The highest BCUT2D eigenvalue weighted by molar-refractivity contribution is 7.25. The Labute approximate surface area is 363 Å². The quantitative estimate of drug-likeness (QED) is 0.174. The Kier molecular flexibility index (Phi) is 7.69. The second-order valence-corrected chi connectivity index (χ2v) is 17.3. The Hall–Kier alpha value is -7.79. The monoisotopic (exact) mass is 805 g/mol. The Bertz CT molecular complexity index is 3560. The van der Waals surface area contributed by atoms with Crippen LogP contribution in [0.4, 0.5) is 0 Å². The molecule has 11 aromatic rings. The summed E-state index contributed by atoms with van der Waals surface area (Å²) in [5, 5.41) is 2.52. The lowest BCUT2D eigenvalue weighted by Crippen LogP contribution is -2.25. The van der Waals surface area contributed by atoms with Crippen LogP contribution in [0.3, 0.4) is 0 Å². The van der Waals surface area contributed by atoms with Crippen LogP contribution in [0.25, 0.3) is 98.8 Å². The van der Waals surface area contributed by atoms with Crippen LogP contribution in [0.2, 0.25) is 0 Å². The number of hydrogen-bond donors (Lipinski definition) is 0. The topological polar surface area (TPSA) is 38.7 Å². The van der Waals surface area contributed by atoms with Crippen LogP contribution < -0.4 is 0 Å². The van der Waals surface area contributed by atoms with E-state index in [2.05, 4.69) is 206 Å². The summed E-state index contributed by atoms with van der Waals surface area (Å²) in [5.74, 6) is 1.92. The number of benzene rings is 9. The summed E-state index contributed by atoms with van der Waals surface area (Å²) in [5.41, 5.74) is 17.5. The van der Waals surface area contributed by atoms with Crippen LogP contribution in [-0.2, 0) is 5.41 Å². The molecule has 0 bridgehead atoms. The van der Waals surface area contributed by atoms with Crippen molar-refractivity contribution in [3.05, 3.63) is 235 Å². The average molecular weight is 806 g/mol. The third-order valence-corrected chi connectivity index (χ3v) is 14.1. The summed E-state index contributed by atoms with van der Waals surface area (Å²) >= 11 is 1.80. The molecule has 1 spiro atoms. The van der Waals surface area contributed by atoms with E-state index >= 15 is 0 Å². The molecule has 9 aromatic carbocycles. The molecule has 0 fully saturated rings. The molecule has 0 radical (unpaired) electrons. The molecule has 2 aromatic heterocycles. The molecule has 2 heterocycles. The van der Waals surface area contributed by atoms with Gasteiger partial charge in [-0.1, -0.05) is 188 Å². The van der Waals surface area contributed by atoms with Crippen molar-refractivity contribution in [2.24, 2.45) is 0 Å². The van der Waals surface area contributed by atoms with E-state index in [1.54, 1.807) is 11.3 Å². The summed E-state index contributed by atoms with van der Waals surface area (Å²) in [4.78, 5) is 15.7. The minimum absolute atomic E-state index is 0.408. The standard InChI is InChI=1S/C58H35N3S/c1-2-15-36(16-3-1)37-17-12-19-39(33-37)55-59-56(61-57(60-55)41-31-32-46-45-23-7-11-30-52(45)62-53(46)35-41)40-20-13-18-38(34-40)42-25-14-29-51-54(42)47-24-6-10-28-50(47)58(51)48-26-8-4-21-43(48)44-22-5-9-27-49(44)58/h1-35H. The molecule has 4 heteroatoms. The highest BCUT2D eigenvalue weighted by Gasteiger charge is 2.51. The largest absolute Gasteiger partial charge is 0.208 e. The molecule has 0 unspecified atom stereocenters. The second-order valence-electron chi connectivity index (χ2n) is 16.3. The zero-order chi connectivity index (χ0) is 40.8. The lowest BCUT2D eigenvalue weighted by molar-refractivity contribution is 0.794. The zero-order valence-corrected chi connectivity index (χ0v) is 34.3. The van der Waals surface area contributed by atoms with Crippen LogP contribution in [0, 0.1) is 0 Å². The first kappa shape index (κ1) is 35.0. The third-order valence-electron chi connectivity index (χ3n) is 13.0. The number of rotatable bonds is 5. The number of fused-ring (bicyclic) bond motifs is 13. The molecule has 0 atom stereocenters. The summed E-state index contributed by atoms with van der Waals surface area (Å²) in [6.45, 7) is 0. The first-order chi connectivity index (χ1) is 30.7. The van der Waals surface area contributed by atoms with Crippen LogP contribution >= 0.6 is 11.3 Å². The maximum Gasteiger partial charge on any atom is 0.164 e. The zero-order valence-electron chi connectivity index (χ0n) is 33.5. The van der Waals surface area contributed by atoms with Crippen LogP contribution in [0.1, 0.15) is 22.3 Å². The highest BCUT2D eigenvalue weighted by Crippen LogP contribution is 2.64. The van der Waals surface area contributed by atoms with Gasteiger partial charge >= 0.3 is 0 Å². The van der Waals surface area contributed by atoms with Crippen molar-refractivity contribution in [1.82, 2.24) is 15.0 Å². The van der Waals surface area contributed by atoms with Gasteiger partial charge in [0.15, 0.2) is 17.5 Å². The van der Waals surface area contributed by atoms with Crippen LogP contribution in [0.5, 0.6) is 0 Å². The molecule has 3 nitrogen and oxygen atoms in total. The number of nitrogens with zero attached hydrogens (tertiary/aromatic N) is 3. The molecule has 0 saturated carbocycles. The molecule has 288 valence electrons. The fourth-order valence-corrected chi connectivity index (χ4v) is 11.5. The van der Waals surface area contributed by atoms with Gasteiger partial charge in [-0.25, -0.2) is 15.0 Å². The highest BCUT2D eigenvalue weighted by atomic mass is 32.1. The van der Waals surface area contributed by atoms with Crippen molar-refractivity contribution in [2.75, 3.05) is 0 Å². The fourth-order valence-electron chi connectivity index (χ4n) is 10.3. The first-order valence-electron chi connectivity index (χ1n) is 21.1. The minimum Gasteiger partial charge on any atom is -0.208 e. The van der Waals surface area contributed by atoms with E-state index in [1.807, 2.05) is 6.07 Å². The molecule has 0 aliphatic heterocycles. The molecule has 2 aliphatic carbocycles. The second kappa shape index (κ2) is 13.6. The molecule has 0 saturated heterocycles. The molecular formula is C58H35N3S. The maximum absolute atomic E-state index is 5.27. The normalized spacial score (nSPS) is 13.0. The van der Waals surface area contributed by atoms with Gasteiger partial charge in [-0.2, -0.15) is 0 Å². The fraction of sp³-hybridized carbons (Fsp3) is 0.0172. The third kappa shape index (κ3) is 5.14. The molecule has 0 amide bonds. The molecular weight excluding hydrogens is 771 g/mol. The van der Waals surface area contributed by atoms with E-state index in [-0.39, 0.29) is 0 Å². The van der Waals surface area contributed by atoms with Crippen molar-refractivity contribution >= 4 is 31.5 Å². The smallest absolute Gasteiger partial charge is 0.164 e. The van der Waals surface area contributed by atoms with E-state index in [0.29, 0.717) is 17.5 Å². The molecule has 2 aliphatic rings. The van der Waals surface area contributed by atoms with Gasteiger partial charge in [0.25, 0.3) is 0 Å². The summed E-state index contributed by atoms with van der Waals surface area (Å²) in [6.07, 6.45) is 0. The van der Waals surface area contributed by atoms with Gasteiger partial charge in [-0.15, -0.1) is 11.3 Å². The van der Waals surface area contributed by atoms with Gasteiger partial charge < -0.3 is 0 Å². The van der Waals surface area contributed by atoms with E-state index < -0.39 is 5.41 Å². The summed E-state index contributed by atoms with van der Waals surface area (Å²) in [6, 6.07) is 76.8. The van der Waals surface area contributed by atoms with E-state index in [4.69, 9.17) is 15.0 Å². The van der Waals surface area contributed by atoms with Crippen molar-refractivity contribution in [3.63, 3.8) is 0 Å². The Morgan fingerprint density at radius 2 is 0.758 bits per heavy atom. The van der Waals surface area contributed by atoms with Crippen molar-refractivity contribution < 1.29 is 0 Å². The lowest BCUT2D eigenvalue weighted by Gasteiger charge is -2.30. The molecule has 0 N–H and O–H groups in total. The van der Waals surface area contributed by atoms with E-state index in [1.165, 1.54) is 70.2 Å². The minimum atomic E-state index is -0.408. The van der Waals surface area contributed by atoms with Crippen LogP contribution in [-0.4, -0.2) is 15.0 Å². The predicted octanol–water partition coefficient (Wildman–Crippen LogP) is 14.9. The van der Waals surface area contributed by atoms with Crippen molar-refractivity contribution in [3.8, 4) is 78.7 Å². The first-order valence-corrected chi connectivity index (χ1v) is 21.9. The summed E-state index contributed by atoms with van der Waals surface area (Å²) < 4.78 is 2.48. The van der Waals surface area contributed by atoms with Gasteiger partial charge in [-0.05, 0) is 91.0 Å². The predicted molar refractivity (Wildman–Crippen MR) is 256 cm³/mol. The van der Waals surface area contributed by atoms with Gasteiger partial charge in [0, 0.05) is 36.9 Å². The Balaban J connectivity index is 0.994. The number of hydrogen-bond acceptors (Lipinski definition) is 4. The number of aromatic nitrogens is 3. The van der Waals surface area contributed by atoms with Gasteiger partial charge in [0.05, 0.1) is 5.41 Å². The summed E-state index contributed by atoms with van der Waals surface area (Å²) in [7, 11) is 0. The maximum atomic E-state index is 5.27. The van der Waals surface area contributed by atoms with Gasteiger partial charge in [0.2, 0.25) is 0 Å². The van der Waals surface area contributed by atoms with Gasteiger partial charge in [-0.3, -0.25) is 0 Å². The van der Waals surface area contributed by atoms with Gasteiger partial charge in [0.1, 0.15) is 0 Å². The average Bonchev–Trinajstić information content (AvgIpc) is 3.98. The lowest BCUT2D eigenvalue weighted by atomic mass is 9.70. The number of thiophene rings is 1. The van der Waals surface area contributed by atoms with Crippen LogP contribution in [0.15, 0.2) is 212 Å². The Morgan fingerprint density at radius 3 is 1.47 bits per heavy atom. The van der Waals surface area contributed by atoms with Crippen molar-refractivity contribution in [1.29, 1.82) is 0 Å². The van der Waals surface area contributed by atoms with Crippen molar-refractivity contribution in [2.45, 2.75) is 5.41 Å². The van der Waals surface area contributed by atoms with E-state index in [0.717, 1.165) is 33.4 Å². The SMILES string of the molecule is c1ccc(-c2cccc(-c3nc(-c4cccc(-c5cccc6c5-c5ccccc5C65c6ccccc6-c6ccccc65)c4)nc(-c4ccc5c(c4)sc4ccccc45)n3)c2)cc1. The van der Waals surface area contributed by atoms with E-state index in [9.17, 15) is 0 Å². The molecule has 62 heavy (non-hydrogen) atoms. The Morgan fingerprint density at radius 1 is 0.290 bits per heavy atom.